The third kappa shape index (κ3) is 3.80. The van der Waals surface area contributed by atoms with Crippen LogP contribution in [0, 0.1) is 6.92 Å². The summed E-state index contributed by atoms with van der Waals surface area (Å²) in [5.41, 5.74) is 0.903. The molecule has 1 fully saturated rings. The van der Waals surface area contributed by atoms with Crippen LogP contribution in [-0.4, -0.2) is 58.7 Å². The normalized spacial score (nSPS) is 18.0. The monoisotopic (exact) mass is 385 g/mol. The lowest BCUT2D eigenvalue weighted by Gasteiger charge is -2.27. The summed E-state index contributed by atoms with van der Waals surface area (Å²) in [5, 5.41) is 11.4. The number of nitrogens with zero attached hydrogens (tertiary/aromatic N) is 3. The number of halogens is 1. The lowest BCUT2D eigenvalue weighted by Crippen LogP contribution is -2.49. The Morgan fingerprint density at radius 1 is 1.52 bits per heavy atom. The largest absolute Gasteiger partial charge is 0.340 e. The number of aryl methyl sites for hydroxylation is 2. The summed E-state index contributed by atoms with van der Waals surface area (Å²) < 4.78 is 1.78. The Morgan fingerprint density at radius 3 is 2.84 bits per heavy atom. The Morgan fingerprint density at radius 2 is 2.24 bits per heavy atom. The van der Waals surface area contributed by atoms with E-state index in [4.69, 9.17) is 0 Å². The molecule has 138 valence electrons. The van der Waals surface area contributed by atoms with Gasteiger partial charge in [0.15, 0.2) is 0 Å². The maximum Gasteiger partial charge on any atom is 0.262 e. The van der Waals surface area contributed by atoms with Gasteiger partial charge in [0, 0.05) is 32.1 Å². The molecule has 1 aliphatic rings. The van der Waals surface area contributed by atoms with Crippen LogP contribution in [0.4, 0.5) is 0 Å². The molecule has 0 bridgehead atoms. The molecule has 0 radical (unpaired) electrons. The van der Waals surface area contributed by atoms with Gasteiger partial charge in [-0.2, -0.15) is 5.10 Å². The van der Waals surface area contributed by atoms with Crippen LogP contribution < -0.4 is 10.6 Å². The fourth-order valence-electron chi connectivity index (χ4n) is 3.10. The maximum absolute atomic E-state index is 12.5. The number of aromatic nitrogens is 2. The summed E-state index contributed by atoms with van der Waals surface area (Å²) >= 11 is 1.39. The Bertz CT molecular complexity index is 746. The molecule has 0 aliphatic carbocycles. The predicted octanol–water partition coefficient (Wildman–Crippen LogP) is 1.30. The average Bonchev–Trinajstić information content (AvgIpc) is 3.25. The van der Waals surface area contributed by atoms with Gasteiger partial charge in [-0.15, -0.1) is 23.7 Å². The molecule has 1 saturated heterocycles. The average molecular weight is 386 g/mol. The second-order valence-electron chi connectivity index (χ2n) is 6.33. The van der Waals surface area contributed by atoms with Crippen LogP contribution in [0.25, 0.3) is 10.2 Å². The summed E-state index contributed by atoms with van der Waals surface area (Å²) in [6.45, 7) is 5.40. The molecule has 2 N–H and O–H groups in total. The van der Waals surface area contributed by atoms with E-state index >= 15 is 0 Å². The molecule has 1 aliphatic heterocycles. The number of carbonyl (C=O) groups is 2. The highest BCUT2D eigenvalue weighted by Gasteiger charge is 2.28. The predicted molar refractivity (Wildman–Crippen MR) is 102 cm³/mol. The first-order valence-corrected chi connectivity index (χ1v) is 8.91. The highest BCUT2D eigenvalue weighted by atomic mass is 35.5. The van der Waals surface area contributed by atoms with Crippen molar-refractivity contribution >= 4 is 45.8 Å². The quantitative estimate of drug-likeness (QED) is 0.831. The molecule has 2 aromatic heterocycles. The van der Waals surface area contributed by atoms with Gasteiger partial charge in [-0.25, -0.2) is 0 Å². The number of fused-ring (bicyclic) bond motifs is 1. The molecule has 9 heteroatoms. The standard InChI is InChI=1S/C16H23N5O2S.ClH/c1-9-12-7-13(24-16(12)21(4)19-9)14(22)18-10(2)15(23)20(3)11-5-6-17-8-11;/h7,10-11,17H,5-6,8H2,1-4H3,(H,18,22);1H. The first-order valence-electron chi connectivity index (χ1n) is 8.10. The van der Waals surface area contributed by atoms with Crippen molar-refractivity contribution in [1.82, 2.24) is 25.3 Å². The van der Waals surface area contributed by atoms with Gasteiger partial charge in [0.1, 0.15) is 10.9 Å². The van der Waals surface area contributed by atoms with Crippen molar-refractivity contribution in [2.24, 2.45) is 7.05 Å². The number of amides is 2. The third-order valence-electron chi connectivity index (χ3n) is 4.57. The van der Waals surface area contributed by atoms with Crippen molar-refractivity contribution in [2.45, 2.75) is 32.4 Å². The topological polar surface area (TPSA) is 79.3 Å². The summed E-state index contributed by atoms with van der Waals surface area (Å²) in [5.74, 6) is -0.273. The highest BCUT2D eigenvalue weighted by molar-refractivity contribution is 7.20. The van der Waals surface area contributed by atoms with Crippen molar-refractivity contribution in [3.8, 4) is 0 Å². The fraction of sp³-hybridized carbons (Fsp3) is 0.562. The highest BCUT2D eigenvalue weighted by Crippen LogP contribution is 2.27. The maximum atomic E-state index is 12.5. The minimum atomic E-state index is -0.549. The minimum Gasteiger partial charge on any atom is -0.340 e. The van der Waals surface area contributed by atoms with Crippen molar-refractivity contribution in [2.75, 3.05) is 20.1 Å². The molecule has 3 heterocycles. The fourth-order valence-corrected chi connectivity index (χ4v) is 4.13. The van der Waals surface area contributed by atoms with E-state index in [1.54, 1.807) is 23.6 Å². The Kier molecular flexibility index (Phi) is 6.08. The van der Waals surface area contributed by atoms with Gasteiger partial charge in [0.05, 0.1) is 10.6 Å². The van der Waals surface area contributed by atoms with Gasteiger partial charge in [-0.3, -0.25) is 14.3 Å². The molecule has 2 unspecified atom stereocenters. The van der Waals surface area contributed by atoms with Gasteiger partial charge in [0.2, 0.25) is 5.91 Å². The van der Waals surface area contributed by atoms with Gasteiger partial charge in [-0.1, -0.05) is 0 Å². The van der Waals surface area contributed by atoms with Crippen LogP contribution in [-0.2, 0) is 11.8 Å². The van der Waals surface area contributed by atoms with E-state index in [0.717, 1.165) is 35.4 Å². The molecule has 0 aromatic carbocycles. The smallest absolute Gasteiger partial charge is 0.262 e. The van der Waals surface area contributed by atoms with E-state index in [1.165, 1.54) is 11.3 Å². The van der Waals surface area contributed by atoms with Crippen molar-refractivity contribution in [3.63, 3.8) is 0 Å². The summed E-state index contributed by atoms with van der Waals surface area (Å²) in [6, 6.07) is 1.50. The van der Waals surface area contributed by atoms with Gasteiger partial charge >= 0.3 is 0 Å². The number of hydrogen-bond acceptors (Lipinski definition) is 5. The third-order valence-corrected chi connectivity index (χ3v) is 5.77. The number of carbonyl (C=O) groups excluding carboxylic acids is 2. The minimum absolute atomic E-state index is 0. The zero-order chi connectivity index (χ0) is 17.4. The summed E-state index contributed by atoms with van der Waals surface area (Å²) in [7, 11) is 3.67. The zero-order valence-corrected chi connectivity index (χ0v) is 16.5. The van der Waals surface area contributed by atoms with E-state index in [1.807, 2.05) is 20.0 Å². The van der Waals surface area contributed by atoms with Crippen LogP contribution >= 0.6 is 23.7 Å². The number of hydrogen-bond donors (Lipinski definition) is 2. The molecular weight excluding hydrogens is 362 g/mol. The number of nitrogens with one attached hydrogen (secondary N) is 2. The Hall–Kier alpha value is -1.64. The van der Waals surface area contributed by atoms with Crippen molar-refractivity contribution in [3.05, 3.63) is 16.6 Å². The molecular formula is C16H24ClN5O2S. The van der Waals surface area contributed by atoms with E-state index < -0.39 is 6.04 Å². The molecule has 7 nitrogen and oxygen atoms in total. The molecule has 2 aromatic rings. The van der Waals surface area contributed by atoms with E-state index in [9.17, 15) is 9.59 Å². The van der Waals surface area contributed by atoms with Gasteiger partial charge < -0.3 is 15.5 Å². The van der Waals surface area contributed by atoms with Crippen LogP contribution in [0.5, 0.6) is 0 Å². The lowest BCUT2D eigenvalue weighted by molar-refractivity contribution is -0.133. The molecule has 0 saturated carbocycles. The number of rotatable bonds is 4. The van der Waals surface area contributed by atoms with E-state index in [-0.39, 0.29) is 30.3 Å². The second-order valence-corrected chi connectivity index (χ2v) is 7.36. The Labute approximate surface area is 157 Å². The summed E-state index contributed by atoms with van der Waals surface area (Å²) in [6.07, 6.45) is 0.950. The first-order chi connectivity index (χ1) is 11.4. The number of likely N-dealkylation sites (N-methyl/N-ethyl adjacent to an activating group) is 1. The van der Waals surface area contributed by atoms with Crippen LogP contribution in [0.2, 0.25) is 0 Å². The van der Waals surface area contributed by atoms with Gasteiger partial charge in [-0.05, 0) is 32.9 Å². The van der Waals surface area contributed by atoms with Crippen molar-refractivity contribution in [1.29, 1.82) is 0 Å². The van der Waals surface area contributed by atoms with Gasteiger partial charge in [0.25, 0.3) is 5.91 Å². The van der Waals surface area contributed by atoms with E-state index in [0.29, 0.717) is 4.88 Å². The molecule has 0 spiro atoms. The lowest BCUT2D eigenvalue weighted by atomic mass is 10.2. The van der Waals surface area contributed by atoms with Crippen molar-refractivity contribution < 1.29 is 9.59 Å². The number of thiophene rings is 1. The van der Waals surface area contributed by atoms with E-state index in [2.05, 4.69) is 15.7 Å². The first kappa shape index (κ1) is 19.7. The van der Waals surface area contributed by atoms with Crippen LogP contribution in [0.15, 0.2) is 6.07 Å². The zero-order valence-electron chi connectivity index (χ0n) is 14.8. The SMILES string of the molecule is Cc1nn(C)c2sc(C(=O)NC(C)C(=O)N(C)C3CCNC3)cc12.Cl. The van der Waals surface area contributed by atoms with Crippen LogP contribution in [0.3, 0.4) is 0 Å². The Balaban J connectivity index is 0.00000225. The second kappa shape index (κ2) is 7.72. The van der Waals surface area contributed by atoms with Crippen LogP contribution in [0.1, 0.15) is 28.7 Å². The molecule has 25 heavy (non-hydrogen) atoms. The molecule has 2 atom stereocenters. The molecule has 3 rings (SSSR count). The summed E-state index contributed by atoms with van der Waals surface area (Å²) in [4.78, 5) is 28.3. The molecule has 2 amide bonds.